The fraction of sp³-hybridized carbons (Fsp3) is 0.300. The highest BCUT2D eigenvalue weighted by Crippen LogP contribution is 2.01. The number of nitrogens with two attached hydrogens (primary N) is 1. The second kappa shape index (κ2) is 4.02. The molecule has 2 heteroatoms. The molecule has 0 aliphatic rings. The Labute approximate surface area is 73.1 Å². The maximum Gasteiger partial charge on any atom is 0.0373 e. The predicted molar refractivity (Wildman–Crippen MR) is 51.7 cm³/mol. The van der Waals surface area contributed by atoms with Gasteiger partial charge in [0.15, 0.2) is 0 Å². The Morgan fingerprint density at radius 1 is 1.50 bits per heavy atom. The minimum Gasteiger partial charge on any atom is -0.325 e. The van der Waals surface area contributed by atoms with Gasteiger partial charge in [-0.3, -0.25) is 4.98 Å². The number of hydrogen-bond donors (Lipinski definition) is 1. The van der Waals surface area contributed by atoms with Crippen LogP contribution in [0.1, 0.15) is 18.2 Å². The highest BCUT2D eigenvalue weighted by Gasteiger charge is 1.88. The van der Waals surface area contributed by atoms with Crippen LogP contribution in [-0.4, -0.2) is 11.0 Å². The van der Waals surface area contributed by atoms with E-state index in [0.717, 1.165) is 11.3 Å². The molecule has 0 aliphatic heterocycles. The van der Waals surface area contributed by atoms with Gasteiger partial charge in [0.05, 0.1) is 0 Å². The number of aromatic nitrogens is 1. The molecule has 1 atom stereocenters. The van der Waals surface area contributed by atoms with Crippen LogP contribution in [0.15, 0.2) is 24.4 Å². The highest BCUT2D eigenvalue weighted by molar-refractivity contribution is 5.48. The van der Waals surface area contributed by atoms with Crippen LogP contribution in [0.2, 0.25) is 0 Å². The summed E-state index contributed by atoms with van der Waals surface area (Å²) in [7, 11) is 0. The van der Waals surface area contributed by atoms with Gasteiger partial charge in [0.25, 0.3) is 0 Å². The molecule has 0 saturated carbocycles. The summed E-state index contributed by atoms with van der Waals surface area (Å²) < 4.78 is 0. The van der Waals surface area contributed by atoms with Crippen molar-refractivity contribution in [2.45, 2.75) is 19.9 Å². The van der Waals surface area contributed by atoms with Crippen molar-refractivity contribution >= 4 is 6.08 Å². The summed E-state index contributed by atoms with van der Waals surface area (Å²) in [5.41, 5.74) is 7.69. The molecule has 1 rings (SSSR count). The third kappa shape index (κ3) is 2.84. The normalized spacial score (nSPS) is 13.6. The molecule has 2 N–H and O–H groups in total. The lowest BCUT2D eigenvalue weighted by molar-refractivity contribution is 0.930. The molecule has 64 valence electrons. The average Bonchev–Trinajstić information content (AvgIpc) is 2.03. The third-order valence-electron chi connectivity index (χ3n) is 1.53. The van der Waals surface area contributed by atoms with Gasteiger partial charge >= 0.3 is 0 Å². The van der Waals surface area contributed by atoms with Gasteiger partial charge in [0.1, 0.15) is 0 Å². The summed E-state index contributed by atoms with van der Waals surface area (Å²) in [6, 6.07) is 4.12. The van der Waals surface area contributed by atoms with Gasteiger partial charge in [-0.15, -0.1) is 0 Å². The molecule has 1 aromatic rings. The molecule has 0 saturated heterocycles. The summed E-state index contributed by atoms with van der Waals surface area (Å²) >= 11 is 0. The molecule has 0 fully saturated rings. The van der Waals surface area contributed by atoms with Crippen LogP contribution in [0, 0.1) is 6.92 Å². The maximum absolute atomic E-state index is 5.56. The first kappa shape index (κ1) is 8.94. The van der Waals surface area contributed by atoms with Crippen LogP contribution in [0.4, 0.5) is 0 Å². The molecule has 1 unspecified atom stereocenters. The summed E-state index contributed by atoms with van der Waals surface area (Å²) in [5, 5.41) is 0. The molecule has 12 heavy (non-hydrogen) atoms. The topological polar surface area (TPSA) is 38.9 Å². The molecule has 0 spiro atoms. The minimum atomic E-state index is 0.103. The zero-order chi connectivity index (χ0) is 8.97. The second-order valence-corrected chi connectivity index (χ2v) is 2.95. The average molecular weight is 162 g/mol. The zero-order valence-corrected chi connectivity index (χ0v) is 7.49. The molecule has 2 nitrogen and oxygen atoms in total. The smallest absolute Gasteiger partial charge is 0.0373 e. The summed E-state index contributed by atoms with van der Waals surface area (Å²) in [4.78, 5) is 4.16. The van der Waals surface area contributed by atoms with Crippen LogP contribution in [0.3, 0.4) is 0 Å². The van der Waals surface area contributed by atoms with E-state index in [9.17, 15) is 0 Å². The first-order chi connectivity index (χ1) is 5.68. The molecule has 0 bridgehead atoms. The Hall–Kier alpha value is -1.15. The van der Waals surface area contributed by atoms with Gasteiger partial charge in [-0.25, -0.2) is 0 Å². The number of hydrogen-bond acceptors (Lipinski definition) is 2. The second-order valence-electron chi connectivity index (χ2n) is 2.95. The fourth-order valence-corrected chi connectivity index (χ4v) is 0.841. The van der Waals surface area contributed by atoms with E-state index in [1.54, 1.807) is 0 Å². The van der Waals surface area contributed by atoms with Crippen LogP contribution in [-0.2, 0) is 0 Å². The lowest BCUT2D eigenvalue weighted by atomic mass is 10.2. The molecule has 0 aromatic carbocycles. The predicted octanol–water partition coefficient (Wildman–Crippen LogP) is 1.75. The van der Waals surface area contributed by atoms with Crippen LogP contribution < -0.4 is 5.73 Å². The Morgan fingerprint density at radius 3 is 2.75 bits per heavy atom. The van der Waals surface area contributed by atoms with E-state index in [1.165, 1.54) is 0 Å². The van der Waals surface area contributed by atoms with Gasteiger partial charge in [0.2, 0.25) is 0 Å². The molecule has 1 heterocycles. The van der Waals surface area contributed by atoms with E-state index in [2.05, 4.69) is 4.98 Å². The van der Waals surface area contributed by atoms with E-state index in [0.29, 0.717) is 0 Å². The molecular formula is C10H14N2. The summed E-state index contributed by atoms with van der Waals surface area (Å²) in [6.45, 7) is 3.91. The maximum atomic E-state index is 5.56. The monoisotopic (exact) mass is 162 g/mol. The number of nitrogens with zero attached hydrogens (tertiary/aromatic N) is 1. The Bertz CT molecular complexity index is 260. The van der Waals surface area contributed by atoms with Gasteiger partial charge in [0, 0.05) is 17.9 Å². The fourth-order valence-electron chi connectivity index (χ4n) is 0.841. The quantitative estimate of drug-likeness (QED) is 0.719. The van der Waals surface area contributed by atoms with E-state index in [4.69, 9.17) is 5.73 Å². The van der Waals surface area contributed by atoms with Crippen molar-refractivity contribution in [3.8, 4) is 0 Å². The van der Waals surface area contributed by atoms with Gasteiger partial charge in [-0.1, -0.05) is 18.2 Å². The van der Waals surface area contributed by atoms with Crippen molar-refractivity contribution in [3.05, 3.63) is 35.7 Å². The molecule has 1 aromatic heterocycles. The van der Waals surface area contributed by atoms with E-state index in [-0.39, 0.29) is 6.04 Å². The Balaban J connectivity index is 2.71. The number of rotatable bonds is 2. The van der Waals surface area contributed by atoms with Crippen LogP contribution in [0.25, 0.3) is 6.08 Å². The number of pyridine rings is 1. The molecule has 0 aliphatic carbocycles. The SMILES string of the molecule is Cc1ccc(/C=C/C(C)N)cn1. The zero-order valence-electron chi connectivity index (χ0n) is 7.49. The molecule has 0 radical (unpaired) electrons. The Morgan fingerprint density at radius 2 is 2.25 bits per heavy atom. The highest BCUT2D eigenvalue weighted by atomic mass is 14.7. The van der Waals surface area contributed by atoms with E-state index in [1.807, 2.05) is 44.3 Å². The van der Waals surface area contributed by atoms with Crippen LogP contribution >= 0.6 is 0 Å². The van der Waals surface area contributed by atoms with Crippen LogP contribution in [0.5, 0.6) is 0 Å². The van der Waals surface area contributed by atoms with Crippen molar-refractivity contribution in [2.24, 2.45) is 5.73 Å². The third-order valence-corrected chi connectivity index (χ3v) is 1.53. The largest absolute Gasteiger partial charge is 0.325 e. The van der Waals surface area contributed by atoms with Crippen molar-refractivity contribution in [3.63, 3.8) is 0 Å². The van der Waals surface area contributed by atoms with Crippen molar-refractivity contribution < 1.29 is 0 Å². The molecule has 0 amide bonds. The van der Waals surface area contributed by atoms with E-state index >= 15 is 0 Å². The van der Waals surface area contributed by atoms with Crippen molar-refractivity contribution in [2.75, 3.05) is 0 Å². The summed E-state index contributed by atoms with van der Waals surface area (Å²) in [5.74, 6) is 0. The van der Waals surface area contributed by atoms with Gasteiger partial charge in [-0.05, 0) is 25.5 Å². The summed E-state index contributed by atoms with van der Waals surface area (Å²) in [6.07, 6.45) is 5.78. The lowest BCUT2D eigenvalue weighted by Crippen LogP contribution is -2.09. The minimum absolute atomic E-state index is 0.103. The number of aryl methyl sites for hydroxylation is 1. The van der Waals surface area contributed by atoms with Crippen molar-refractivity contribution in [1.82, 2.24) is 4.98 Å². The van der Waals surface area contributed by atoms with Gasteiger partial charge in [-0.2, -0.15) is 0 Å². The van der Waals surface area contributed by atoms with Crippen molar-refractivity contribution in [1.29, 1.82) is 0 Å². The standard InChI is InChI=1S/C10H14N2/c1-8(11)3-5-10-6-4-9(2)12-7-10/h3-8H,11H2,1-2H3/b5-3+. The lowest BCUT2D eigenvalue weighted by Gasteiger charge is -1.96. The van der Waals surface area contributed by atoms with Gasteiger partial charge < -0.3 is 5.73 Å². The molecular weight excluding hydrogens is 148 g/mol. The first-order valence-electron chi connectivity index (χ1n) is 4.05. The van der Waals surface area contributed by atoms with E-state index < -0.39 is 0 Å². The Kier molecular flexibility index (Phi) is 3.00. The first-order valence-corrected chi connectivity index (χ1v) is 4.05.